The highest BCUT2D eigenvalue weighted by atomic mass is 16.6. The van der Waals surface area contributed by atoms with Gasteiger partial charge in [-0.25, -0.2) is 4.79 Å². The quantitative estimate of drug-likeness (QED) is 0.860. The van der Waals surface area contributed by atoms with Crippen LogP contribution in [0.2, 0.25) is 0 Å². The van der Waals surface area contributed by atoms with Crippen molar-refractivity contribution in [1.82, 2.24) is 4.90 Å². The molecule has 0 aliphatic carbocycles. The van der Waals surface area contributed by atoms with Crippen molar-refractivity contribution in [3.63, 3.8) is 0 Å². The second kappa shape index (κ2) is 7.22. The van der Waals surface area contributed by atoms with E-state index in [0.717, 1.165) is 19.5 Å². The highest BCUT2D eigenvalue weighted by molar-refractivity contribution is 5.85. The maximum atomic E-state index is 13.1. The average molecular weight is 351 g/mol. The van der Waals surface area contributed by atoms with Gasteiger partial charge in [0.2, 0.25) is 5.60 Å². The zero-order chi connectivity index (χ0) is 18.0. The van der Waals surface area contributed by atoms with Crippen LogP contribution in [0.5, 0.6) is 0 Å². The molecule has 2 saturated heterocycles. The molecule has 0 aromatic heterocycles. The van der Waals surface area contributed by atoms with Gasteiger partial charge in [0.15, 0.2) is 0 Å². The summed E-state index contributed by atoms with van der Waals surface area (Å²) in [5.74, 6) is -0.584. The van der Waals surface area contributed by atoms with Gasteiger partial charge in [-0.1, -0.05) is 67.1 Å². The molecule has 136 valence electrons. The van der Waals surface area contributed by atoms with Crippen LogP contribution in [0.25, 0.3) is 0 Å². The lowest BCUT2D eigenvalue weighted by Gasteiger charge is -2.29. The molecule has 2 aromatic rings. The number of ether oxygens (including phenoxy) is 1. The summed E-state index contributed by atoms with van der Waals surface area (Å²) >= 11 is 0. The number of nitrogens with zero attached hydrogens (tertiary/aromatic N) is 1. The number of esters is 1. The van der Waals surface area contributed by atoms with Crippen molar-refractivity contribution in [2.45, 2.75) is 43.4 Å². The van der Waals surface area contributed by atoms with E-state index in [1.807, 2.05) is 36.4 Å². The number of hydrogen-bond donors (Lipinski definition) is 1. The minimum absolute atomic E-state index is 0.149. The molecule has 1 N–H and O–H groups in total. The molecular formula is C22H25NO3. The van der Waals surface area contributed by atoms with E-state index < -0.39 is 11.6 Å². The standard InChI is InChI=1S/C22H25NO3/c24-21(26-20-15-19-13-7-8-14-23(19)16-20)22(25,17-9-3-1-4-10-17)18-11-5-2-6-12-18/h1-6,9-12,19-20,25H,7-8,13-16H2. The van der Waals surface area contributed by atoms with Gasteiger partial charge in [-0.3, -0.25) is 4.90 Å². The summed E-state index contributed by atoms with van der Waals surface area (Å²) < 4.78 is 5.85. The van der Waals surface area contributed by atoms with Crippen molar-refractivity contribution in [3.05, 3.63) is 71.8 Å². The Morgan fingerprint density at radius 1 is 1.00 bits per heavy atom. The average Bonchev–Trinajstić information content (AvgIpc) is 3.11. The van der Waals surface area contributed by atoms with Gasteiger partial charge >= 0.3 is 5.97 Å². The van der Waals surface area contributed by atoms with Crippen LogP contribution in [0.15, 0.2) is 60.7 Å². The summed E-state index contributed by atoms with van der Waals surface area (Å²) in [6.45, 7) is 1.86. The van der Waals surface area contributed by atoms with Gasteiger partial charge < -0.3 is 9.84 Å². The fourth-order valence-electron chi connectivity index (χ4n) is 4.29. The molecule has 0 spiro atoms. The van der Waals surface area contributed by atoms with Gasteiger partial charge in [-0.05, 0) is 30.5 Å². The third-order valence-corrected chi connectivity index (χ3v) is 5.67. The smallest absolute Gasteiger partial charge is 0.348 e. The first-order valence-electron chi connectivity index (χ1n) is 9.46. The minimum Gasteiger partial charge on any atom is -0.458 e. The van der Waals surface area contributed by atoms with Gasteiger partial charge in [0, 0.05) is 19.0 Å². The predicted molar refractivity (Wildman–Crippen MR) is 99.6 cm³/mol. The first kappa shape index (κ1) is 17.3. The Kier molecular flexibility index (Phi) is 4.79. The van der Waals surface area contributed by atoms with E-state index in [1.54, 1.807) is 24.3 Å². The van der Waals surface area contributed by atoms with Gasteiger partial charge in [0.25, 0.3) is 0 Å². The molecule has 2 aliphatic heterocycles. The molecular weight excluding hydrogens is 326 g/mol. The summed E-state index contributed by atoms with van der Waals surface area (Å²) in [4.78, 5) is 15.6. The summed E-state index contributed by atoms with van der Waals surface area (Å²) in [5.41, 5.74) is -0.718. The van der Waals surface area contributed by atoms with E-state index in [-0.39, 0.29) is 6.10 Å². The zero-order valence-corrected chi connectivity index (χ0v) is 14.9. The number of piperidine rings is 1. The zero-order valence-electron chi connectivity index (χ0n) is 14.9. The predicted octanol–water partition coefficient (Wildman–Crippen LogP) is 3.09. The molecule has 2 heterocycles. The lowest BCUT2D eigenvalue weighted by Crippen LogP contribution is -2.41. The maximum Gasteiger partial charge on any atom is 0.348 e. The normalized spacial score (nSPS) is 23.4. The second-order valence-electron chi connectivity index (χ2n) is 7.35. The lowest BCUT2D eigenvalue weighted by molar-refractivity contribution is -0.167. The summed E-state index contributed by atoms with van der Waals surface area (Å²) in [6.07, 6.45) is 4.36. The molecule has 0 amide bonds. The Labute approximate surface area is 154 Å². The van der Waals surface area contributed by atoms with Gasteiger partial charge in [0.05, 0.1) is 0 Å². The number of benzene rings is 2. The Morgan fingerprint density at radius 3 is 2.19 bits per heavy atom. The maximum absolute atomic E-state index is 13.1. The highest BCUT2D eigenvalue weighted by Crippen LogP contribution is 2.34. The molecule has 2 atom stereocenters. The monoisotopic (exact) mass is 351 g/mol. The molecule has 4 rings (SSSR count). The van der Waals surface area contributed by atoms with Crippen molar-refractivity contribution in [2.75, 3.05) is 13.1 Å². The van der Waals surface area contributed by atoms with E-state index >= 15 is 0 Å². The molecule has 2 unspecified atom stereocenters. The van der Waals surface area contributed by atoms with Crippen molar-refractivity contribution >= 4 is 5.97 Å². The molecule has 4 heteroatoms. The van der Waals surface area contributed by atoms with Crippen LogP contribution in [-0.2, 0) is 15.1 Å². The number of aliphatic hydroxyl groups is 1. The third-order valence-electron chi connectivity index (χ3n) is 5.67. The molecule has 0 radical (unpaired) electrons. The Bertz CT molecular complexity index is 693. The molecule has 2 fully saturated rings. The van der Waals surface area contributed by atoms with Crippen LogP contribution in [0.4, 0.5) is 0 Å². The largest absolute Gasteiger partial charge is 0.458 e. The Balaban J connectivity index is 1.59. The summed E-state index contributed by atoms with van der Waals surface area (Å²) in [6, 6.07) is 18.6. The fraction of sp³-hybridized carbons (Fsp3) is 0.409. The van der Waals surface area contributed by atoms with E-state index in [0.29, 0.717) is 17.2 Å². The molecule has 26 heavy (non-hydrogen) atoms. The van der Waals surface area contributed by atoms with E-state index in [9.17, 15) is 9.90 Å². The molecule has 0 bridgehead atoms. The number of rotatable bonds is 4. The Hall–Kier alpha value is -2.17. The highest BCUT2D eigenvalue weighted by Gasteiger charge is 2.44. The van der Waals surface area contributed by atoms with Crippen molar-refractivity contribution in [3.8, 4) is 0 Å². The van der Waals surface area contributed by atoms with Gasteiger partial charge in [-0.15, -0.1) is 0 Å². The third kappa shape index (κ3) is 3.15. The number of carbonyl (C=O) groups excluding carboxylic acids is 1. The number of carbonyl (C=O) groups is 1. The first-order chi connectivity index (χ1) is 12.7. The van der Waals surface area contributed by atoms with Crippen LogP contribution in [-0.4, -0.2) is 41.2 Å². The first-order valence-corrected chi connectivity index (χ1v) is 9.46. The Morgan fingerprint density at radius 2 is 1.62 bits per heavy atom. The minimum atomic E-state index is -1.79. The van der Waals surface area contributed by atoms with Crippen molar-refractivity contribution < 1.29 is 14.6 Å². The van der Waals surface area contributed by atoms with Crippen LogP contribution >= 0.6 is 0 Å². The van der Waals surface area contributed by atoms with Crippen LogP contribution in [0.1, 0.15) is 36.8 Å². The topological polar surface area (TPSA) is 49.8 Å². The molecule has 0 saturated carbocycles. The van der Waals surface area contributed by atoms with Crippen LogP contribution < -0.4 is 0 Å². The number of fused-ring (bicyclic) bond motifs is 1. The summed E-state index contributed by atoms with van der Waals surface area (Å²) in [5, 5.41) is 11.5. The molecule has 4 nitrogen and oxygen atoms in total. The summed E-state index contributed by atoms with van der Waals surface area (Å²) in [7, 11) is 0. The van der Waals surface area contributed by atoms with Gasteiger partial charge in [0.1, 0.15) is 6.10 Å². The van der Waals surface area contributed by atoms with Crippen molar-refractivity contribution in [1.29, 1.82) is 0 Å². The van der Waals surface area contributed by atoms with Crippen LogP contribution in [0, 0.1) is 0 Å². The SMILES string of the molecule is O=C(OC1CC2CCCCN2C1)C(O)(c1ccccc1)c1ccccc1. The lowest BCUT2D eigenvalue weighted by atomic mass is 9.86. The van der Waals surface area contributed by atoms with E-state index in [1.165, 1.54) is 19.3 Å². The fourth-order valence-corrected chi connectivity index (χ4v) is 4.29. The van der Waals surface area contributed by atoms with E-state index in [4.69, 9.17) is 4.74 Å². The van der Waals surface area contributed by atoms with Crippen LogP contribution in [0.3, 0.4) is 0 Å². The van der Waals surface area contributed by atoms with E-state index in [2.05, 4.69) is 4.90 Å². The van der Waals surface area contributed by atoms with Crippen molar-refractivity contribution in [2.24, 2.45) is 0 Å². The number of hydrogen-bond acceptors (Lipinski definition) is 4. The molecule has 2 aliphatic rings. The second-order valence-corrected chi connectivity index (χ2v) is 7.35. The van der Waals surface area contributed by atoms with Gasteiger partial charge in [-0.2, -0.15) is 0 Å². The molecule has 2 aromatic carbocycles.